The maximum absolute atomic E-state index is 11.4. The van der Waals surface area contributed by atoms with Gasteiger partial charge in [0.05, 0.1) is 12.7 Å². The Morgan fingerprint density at radius 1 is 1.15 bits per heavy atom. The van der Waals surface area contributed by atoms with E-state index in [2.05, 4.69) is 16.6 Å². The van der Waals surface area contributed by atoms with Gasteiger partial charge in [0.1, 0.15) is 6.10 Å². The first-order chi connectivity index (χ1) is 9.70. The van der Waals surface area contributed by atoms with Crippen molar-refractivity contribution in [3.05, 3.63) is 71.3 Å². The molecule has 1 atom stereocenters. The summed E-state index contributed by atoms with van der Waals surface area (Å²) in [4.78, 5) is 11.4. The first-order valence-corrected chi connectivity index (χ1v) is 6.13. The Balaban J connectivity index is 2.20. The van der Waals surface area contributed by atoms with Crippen molar-refractivity contribution in [1.29, 1.82) is 0 Å². The highest BCUT2D eigenvalue weighted by molar-refractivity contribution is 5.89. The van der Waals surface area contributed by atoms with Crippen molar-refractivity contribution in [3.63, 3.8) is 0 Å². The summed E-state index contributed by atoms with van der Waals surface area (Å²) in [5.41, 5.74) is 1.79. The molecule has 0 unspecified atom stereocenters. The fourth-order valence-electron chi connectivity index (χ4n) is 1.71. The number of carbonyl (C=O) groups excluding carboxylic acids is 1. The molecular weight excluding hydrogens is 252 g/mol. The van der Waals surface area contributed by atoms with Gasteiger partial charge in [0.15, 0.2) is 0 Å². The summed E-state index contributed by atoms with van der Waals surface area (Å²) in [6, 6.07) is 16.0. The summed E-state index contributed by atoms with van der Waals surface area (Å²) in [5.74, 6) is 5.21. The van der Waals surface area contributed by atoms with Crippen LogP contribution in [0.3, 0.4) is 0 Å². The normalized spacial score (nSPS) is 11.1. The molecule has 0 aliphatic carbocycles. The average Bonchev–Trinajstić information content (AvgIpc) is 2.53. The molecule has 0 heterocycles. The number of hydrogen-bond acceptors (Lipinski definition) is 3. The Bertz CT molecular complexity index is 651. The summed E-state index contributed by atoms with van der Waals surface area (Å²) in [7, 11) is 1.32. The van der Waals surface area contributed by atoms with E-state index in [1.54, 1.807) is 24.3 Å². The Labute approximate surface area is 117 Å². The zero-order chi connectivity index (χ0) is 14.4. The van der Waals surface area contributed by atoms with Gasteiger partial charge in [0.2, 0.25) is 0 Å². The fourth-order valence-corrected chi connectivity index (χ4v) is 1.71. The molecule has 1 N–H and O–H groups in total. The van der Waals surface area contributed by atoms with Gasteiger partial charge < -0.3 is 9.84 Å². The third kappa shape index (κ3) is 3.47. The number of hydrogen-bond donors (Lipinski definition) is 1. The van der Waals surface area contributed by atoms with E-state index >= 15 is 0 Å². The Morgan fingerprint density at radius 3 is 2.60 bits per heavy atom. The van der Waals surface area contributed by atoms with E-state index in [4.69, 9.17) is 0 Å². The van der Waals surface area contributed by atoms with Gasteiger partial charge in [-0.25, -0.2) is 4.79 Å². The summed E-state index contributed by atoms with van der Waals surface area (Å²) < 4.78 is 4.64. The lowest BCUT2D eigenvalue weighted by molar-refractivity contribution is 0.0600. The van der Waals surface area contributed by atoms with Gasteiger partial charge in [-0.2, -0.15) is 0 Å². The summed E-state index contributed by atoms with van der Waals surface area (Å²) >= 11 is 0. The van der Waals surface area contributed by atoms with E-state index in [9.17, 15) is 9.90 Å². The second kappa shape index (κ2) is 6.55. The molecule has 0 fully saturated rings. The lowest BCUT2D eigenvalue weighted by atomic mass is 10.1. The minimum Gasteiger partial charge on any atom is -0.465 e. The van der Waals surface area contributed by atoms with E-state index in [1.807, 2.05) is 30.3 Å². The minimum atomic E-state index is -0.945. The largest absolute Gasteiger partial charge is 0.465 e. The Hall–Kier alpha value is -2.57. The van der Waals surface area contributed by atoms with Crippen LogP contribution in [0, 0.1) is 11.8 Å². The zero-order valence-corrected chi connectivity index (χ0v) is 11.0. The molecule has 2 rings (SSSR count). The topological polar surface area (TPSA) is 46.5 Å². The molecule has 2 aromatic rings. The number of benzene rings is 2. The molecule has 3 nitrogen and oxygen atoms in total. The molecule has 0 radical (unpaired) electrons. The average molecular weight is 266 g/mol. The molecule has 0 spiro atoms. The Kier molecular flexibility index (Phi) is 4.54. The van der Waals surface area contributed by atoms with Crippen molar-refractivity contribution >= 4 is 5.97 Å². The smallest absolute Gasteiger partial charge is 0.337 e. The second-order valence-corrected chi connectivity index (χ2v) is 4.15. The first kappa shape index (κ1) is 13.9. The number of rotatable bonds is 2. The first-order valence-electron chi connectivity index (χ1n) is 6.13. The van der Waals surface area contributed by atoms with Gasteiger partial charge in [-0.3, -0.25) is 0 Å². The van der Waals surface area contributed by atoms with E-state index < -0.39 is 12.1 Å². The van der Waals surface area contributed by atoms with E-state index in [0.29, 0.717) is 11.1 Å². The molecule has 100 valence electrons. The molecule has 0 bridgehead atoms. The second-order valence-electron chi connectivity index (χ2n) is 4.15. The highest BCUT2D eigenvalue weighted by Gasteiger charge is 2.09. The van der Waals surface area contributed by atoms with Crippen LogP contribution < -0.4 is 0 Å². The number of aliphatic hydroxyl groups excluding tert-OH is 1. The predicted octanol–water partition coefficient (Wildman–Crippen LogP) is 2.56. The molecule has 0 saturated heterocycles. The number of methoxy groups -OCH3 is 1. The molecule has 0 amide bonds. The van der Waals surface area contributed by atoms with Crippen LogP contribution in [0.25, 0.3) is 0 Å². The van der Waals surface area contributed by atoms with Crippen molar-refractivity contribution in [1.82, 2.24) is 0 Å². The number of ether oxygens (including phenoxy) is 1. The van der Waals surface area contributed by atoms with Crippen molar-refractivity contribution in [2.24, 2.45) is 0 Å². The number of carbonyl (C=O) groups is 1. The van der Waals surface area contributed by atoms with Gasteiger partial charge in [-0.15, -0.1) is 0 Å². The highest BCUT2D eigenvalue weighted by atomic mass is 16.5. The van der Waals surface area contributed by atoms with Crippen molar-refractivity contribution in [3.8, 4) is 11.8 Å². The van der Waals surface area contributed by atoms with Gasteiger partial charge in [0.25, 0.3) is 0 Å². The minimum absolute atomic E-state index is 0.394. The SMILES string of the molecule is COC(=O)c1cccc([C@@H](O)C#Cc2ccccc2)c1. The third-order valence-electron chi connectivity index (χ3n) is 2.75. The Morgan fingerprint density at radius 2 is 1.90 bits per heavy atom. The standard InChI is InChI=1S/C17H14O3/c1-20-17(19)15-9-5-8-14(12-15)16(18)11-10-13-6-3-2-4-7-13/h2-9,12,16,18H,1H3/t16-/m0/s1. The highest BCUT2D eigenvalue weighted by Crippen LogP contribution is 2.14. The van der Waals surface area contributed by atoms with Crippen LogP contribution in [0.15, 0.2) is 54.6 Å². The van der Waals surface area contributed by atoms with Gasteiger partial charge in [-0.1, -0.05) is 42.2 Å². The van der Waals surface area contributed by atoms with E-state index in [-0.39, 0.29) is 0 Å². The fraction of sp³-hybridized carbons (Fsp3) is 0.118. The monoisotopic (exact) mass is 266 g/mol. The summed E-state index contributed by atoms with van der Waals surface area (Å²) in [6.45, 7) is 0. The van der Waals surface area contributed by atoms with Gasteiger partial charge >= 0.3 is 5.97 Å². The van der Waals surface area contributed by atoms with Crippen LogP contribution in [0.4, 0.5) is 0 Å². The predicted molar refractivity (Wildman–Crippen MR) is 76.1 cm³/mol. The van der Waals surface area contributed by atoms with Gasteiger partial charge in [-0.05, 0) is 29.8 Å². The van der Waals surface area contributed by atoms with Crippen molar-refractivity contribution in [2.75, 3.05) is 7.11 Å². The van der Waals surface area contributed by atoms with Crippen LogP contribution >= 0.6 is 0 Å². The van der Waals surface area contributed by atoms with Crippen molar-refractivity contribution < 1.29 is 14.6 Å². The summed E-state index contributed by atoms with van der Waals surface area (Å²) in [5, 5.41) is 10.0. The molecule has 0 aromatic heterocycles. The van der Waals surface area contributed by atoms with Crippen LogP contribution in [0.2, 0.25) is 0 Å². The maximum atomic E-state index is 11.4. The molecule has 0 aliphatic heterocycles. The quantitative estimate of drug-likeness (QED) is 0.671. The van der Waals surface area contributed by atoms with E-state index in [0.717, 1.165) is 5.56 Å². The van der Waals surface area contributed by atoms with Crippen LogP contribution in [0.5, 0.6) is 0 Å². The maximum Gasteiger partial charge on any atom is 0.337 e. The van der Waals surface area contributed by atoms with Crippen LogP contribution in [-0.4, -0.2) is 18.2 Å². The molecule has 3 heteroatoms. The molecule has 0 aliphatic rings. The lowest BCUT2D eigenvalue weighted by Crippen LogP contribution is -2.03. The molecule has 20 heavy (non-hydrogen) atoms. The van der Waals surface area contributed by atoms with Crippen molar-refractivity contribution in [2.45, 2.75) is 6.10 Å². The lowest BCUT2D eigenvalue weighted by Gasteiger charge is -2.05. The molecular formula is C17H14O3. The summed E-state index contributed by atoms with van der Waals surface area (Å²) in [6.07, 6.45) is -0.945. The van der Waals surface area contributed by atoms with E-state index in [1.165, 1.54) is 7.11 Å². The van der Waals surface area contributed by atoms with Crippen LogP contribution in [0.1, 0.15) is 27.6 Å². The zero-order valence-electron chi connectivity index (χ0n) is 11.0. The van der Waals surface area contributed by atoms with Crippen LogP contribution in [-0.2, 0) is 4.74 Å². The number of esters is 1. The third-order valence-corrected chi connectivity index (χ3v) is 2.75. The molecule has 2 aromatic carbocycles. The van der Waals surface area contributed by atoms with Gasteiger partial charge in [0, 0.05) is 5.56 Å². The molecule has 0 saturated carbocycles. The number of aliphatic hydroxyl groups is 1.